The van der Waals surface area contributed by atoms with Crippen LogP contribution in [0.2, 0.25) is 5.02 Å². The quantitative estimate of drug-likeness (QED) is 0.268. The van der Waals surface area contributed by atoms with Crippen LogP contribution in [0.25, 0.3) is 0 Å². The van der Waals surface area contributed by atoms with Gasteiger partial charge in [0, 0.05) is 36.8 Å². The summed E-state index contributed by atoms with van der Waals surface area (Å²) in [5.41, 5.74) is 1.47. The topological polar surface area (TPSA) is 108 Å². The van der Waals surface area contributed by atoms with Gasteiger partial charge >= 0.3 is 18.2 Å². The van der Waals surface area contributed by atoms with Crippen molar-refractivity contribution in [2.75, 3.05) is 26.7 Å². The summed E-state index contributed by atoms with van der Waals surface area (Å²) in [5, 5.41) is 14.6. The molecule has 1 saturated carbocycles. The second kappa shape index (κ2) is 15.1. The van der Waals surface area contributed by atoms with E-state index in [1.807, 2.05) is 0 Å². The fraction of sp³-hybridized carbons (Fsp3) is 0.483. The molecule has 224 valence electrons. The van der Waals surface area contributed by atoms with Crippen LogP contribution in [0.15, 0.2) is 48.5 Å². The van der Waals surface area contributed by atoms with E-state index >= 15 is 0 Å². The number of carboxylic acid groups (broad SMARTS) is 1. The Morgan fingerprint density at radius 3 is 2.37 bits per heavy atom. The average Bonchev–Trinajstić information content (AvgIpc) is 2.92. The molecule has 1 aliphatic rings. The van der Waals surface area contributed by atoms with Crippen LogP contribution in [0.1, 0.15) is 66.1 Å². The van der Waals surface area contributed by atoms with Gasteiger partial charge in [0.05, 0.1) is 6.61 Å². The first kappa shape index (κ1) is 32.2. The molecule has 0 heterocycles. The molecule has 2 atom stereocenters. The molecule has 8 nitrogen and oxygen atoms in total. The number of rotatable bonds is 12. The Labute approximate surface area is 242 Å². The van der Waals surface area contributed by atoms with Crippen molar-refractivity contribution in [3.05, 3.63) is 70.2 Å². The smallest absolute Gasteiger partial charge is 0.465 e. The molecule has 0 spiro atoms. The number of alkyl halides is 3. The minimum absolute atomic E-state index is 0.148. The van der Waals surface area contributed by atoms with Crippen molar-refractivity contribution >= 4 is 29.5 Å². The Balaban J connectivity index is 1.77. The van der Waals surface area contributed by atoms with E-state index in [1.54, 1.807) is 53.8 Å². The van der Waals surface area contributed by atoms with E-state index < -0.39 is 24.3 Å². The number of nitrogens with one attached hydrogen (secondary N) is 2. The largest absolute Gasteiger partial charge is 0.471 e. The van der Waals surface area contributed by atoms with Gasteiger partial charge in [-0.15, -0.1) is 0 Å². The van der Waals surface area contributed by atoms with Crippen molar-refractivity contribution in [3.8, 4) is 0 Å². The van der Waals surface area contributed by atoms with Gasteiger partial charge in [-0.05, 0) is 47.7 Å². The SMILES string of the molecule is CN(C[C@H](CC1CCCCC1)NC(=O)c1cccc(C(OCCNC(=O)C(F)(F)F)c2cccc(Cl)c2)c1)C(=O)O. The summed E-state index contributed by atoms with van der Waals surface area (Å²) in [7, 11) is 1.47. The fourth-order valence-electron chi connectivity index (χ4n) is 5.02. The summed E-state index contributed by atoms with van der Waals surface area (Å²) in [5.74, 6) is -2.04. The van der Waals surface area contributed by atoms with Crippen LogP contribution in [0.4, 0.5) is 18.0 Å². The van der Waals surface area contributed by atoms with Gasteiger partial charge in [0.1, 0.15) is 6.10 Å². The van der Waals surface area contributed by atoms with E-state index in [0.717, 1.165) is 30.6 Å². The summed E-state index contributed by atoms with van der Waals surface area (Å²) in [6.07, 6.45) is -0.701. The van der Waals surface area contributed by atoms with E-state index in [-0.39, 0.29) is 31.6 Å². The number of hydrogen-bond donors (Lipinski definition) is 3. The highest BCUT2D eigenvalue weighted by Crippen LogP contribution is 2.30. The first-order chi connectivity index (χ1) is 19.4. The summed E-state index contributed by atoms with van der Waals surface area (Å²) in [4.78, 5) is 37.1. The van der Waals surface area contributed by atoms with Gasteiger partial charge in [0.25, 0.3) is 5.91 Å². The molecule has 1 aliphatic carbocycles. The number of halogens is 4. The van der Waals surface area contributed by atoms with Crippen LogP contribution >= 0.6 is 11.6 Å². The number of hydrogen-bond acceptors (Lipinski definition) is 4. The van der Waals surface area contributed by atoms with Gasteiger partial charge in [-0.3, -0.25) is 9.59 Å². The highest BCUT2D eigenvalue weighted by Gasteiger charge is 2.38. The third kappa shape index (κ3) is 10.2. The van der Waals surface area contributed by atoms with E-state index in [1.165, 1.54) is 13.5 Å². The van der Waals surface area contributed by atoms with Crippen LogP contribution in [0.5, 0.6) is 0 Å². The van der Waals surface area contributed by atoms with Crippen LogP contribution in [0.3, 0.4) is 0 Å². The average molecular weight is 598 g/mol. The predicted molar refractivity (Wildman–Crippen MR) is 148 cm³/mol. The second-order valence-electron chi connectivity index (χ2n) is 10.3. The highest BCUT2D eigenvalue weighted by molar-refractivity contribution is 6.30. The van der Waals surface area contributed by atoms with Gasteiger partial charge in [-0.2, -0.15) is 13.2 Å². The van der Waals surface area contributed by atoms with Crippen molar-refractivity contribution in [1.29, 1.82) is 0 Å². The molecule has 2 aromatic carbocycles. The third-order valence-corrected chi connectivity index (χ3v) is 7.27. The molecule has 3 amide bonds. The lowest BCUT2D eigenvalue weighted by molar-refractivity contribution is -0.173. The van der Waals surface area contributed by atoms with Crippen molar-refractivity contribution in [3.63, 3.8) is 0 Å². The third-order valence-electron chi connectivity index (χ3n) is 7.03. The Hall–Kier alpha value is -3.31. The van der Waals surface area contributed by atoms with E-state index in [9.17, 15) is 32.7 Å². The molecule has 3 N–H and O–H groups in total. The molecule has 0 aliphatic heterocycles. The normalized spacial score (nSPS) is 15.5. The molecule has 0 radical (unpaired) electrons. The van der Waals surface area contributed by atoms with Crippen molar-refractivity contribution in [2.24, 2.45) is 5.92 Å². The zero-order valence-corrected chi connectivity index (χ0v) is 23.5. The summed E-state index contributed by atoms with van der Waals surface area (Å²) in [6, 6.07) is 13.0. The van der Waals surface area contributed by atoms with E-state index in [0.29, 0.717) is 34.1 Å². The predicted octanol–water partition coefficient (Wildman–Crippen LogP) is 5.80. The van der Waals surface area contributed by atoms with Gasteiger partial charge < -0.3 is 25.4 Å². The Morgan fingerprint density at radius 2 is 1.73 bits per heavy atom. The van der Waals surface area contributed by atoms with Crippen molar-refractivity contribution in [1.82, 2.24) is 15.5 Å². The van der Waals surface area contributed by atoms with Crippen LogP contribution in [-0.4, -0.2) is 66.9 Å². The molecule has 0 saturated heterocycles. The number of ether oxygens (including phenoxy) is 1. The Morgan fingerprint density at radius 1 is 1.07 bits per heavy atom. The molecule has 0 bridgehead atoms. The van der Waals surface area contributed by atoms with E-state index in [2.05, 4.69) is 5.32 Å². The minimum Gasteiger partial charge on any atom is -0.465 e. The summed E-state index contributed by atoms with van der Waals surface area (Å²) in [6.45, 7) is -0.467. The maximum absolute atomic E-state index is 13.3. The number of likely N-dealkylation sites (N-methyl/N-ethyl adjacent to an activating group) is 1. The zero-order valence-electron chi connectivity index (χ0n) is 22.8. The molecule has 41 heavy (non-hydrogen) atoms. The first-order valence-electron chi connectivity index (χ1n) is 13.5. The van der Waals surface area contributed by atoms with Gasteiger partial charge in [-0.1, -0.05) is 68.0 Å². The van der Waals surface area contributed by atoms with Gasteiger partial charge in [0.15, 0.2) is 0 Å². The minimum atomic E-state index is -5.00. The van der Waals surface area contributed by atoms with Crippen LogP contribution in [0, 0.1) is 5.92 Å². The lowest BCUT2D eigenvalue weighted by atomic mass is 9.84. The number of carbonyl (C=O) groups excluding carboxylic acids is 2. The monoisotopic (exact) mass is 597 g/mol. The van der Waals surface area contributed by atoms with Crippen LogP contribution < -0.4 is 10.6 Å². The molecule has 2 aromatic rings. The fourth-order valence-corrected chi connectivity index (χ4v) is 5.22. The Kier molecular flexibility index (Phi) is 11.8. The first-order valence-corrected chi connectivity index (χ1v) is 13.9. The molecule has 12 heteroatoms. The maximum atomic E-state index is 13.3. The highest BCUT2D eigenvalue weighted by atomic mass is 35.5. The lowest BCUT2D eigenvalue weighted by Gasteiger charge is -2.29. The van der Waals surface area contributed by atoms with Crippen molar-refractivity contribution in [2.45, 2.75) is 56.8 Å². The number of nitrogens with zero attached hydrogens (tertiary/aromatic N) is 1. The molecular weight excluding hydrogens is 563 g/mol. The number of amides is 3. The number of carbonyl (C=O) groups is 3. The lowest BCUT2D eigenvalue weighted by Crippen LogP contribution is -2.45. The molecule has 0 aromatic heterocycles. The maximum Gasteiger partial charge on any atom is 0.471 e. The molecular formula is C29H35ClF3N3O5. The van der Waals surface area contributed by atoms with Crippen molar-refractivity contribution < 1.29 is 37.4 Å². The second-order valence-corrected chi connectivity index (χ2v) is 10.7. The molecule has 1 unspecified atom stereocenters. The van der Waals surface area contributed by atoms with Crippen LogP contribution in [-0.2, 0) is 9.53 Å². The molecule has 1 fully saturated rings. The van der Waals surface area contributed by atoms with Gasteiger partial charge in [-0.25, -0.2) is 4.79 Å². The molecule has 3 rings (SSSR count). The number of benzene rings is 2. The van der Waals surface area contributed by atoms with Gasteiger partial charge in [0.2, 0.25) is 0 Å². The standard InChI is InChI=1S/C29H35ClF3N3O5/c1-36(28(39)40)18-24(15-19-7-3-2-4-8-19)35-26(37)22-11-5-9-20(16-22)25(21-10-6-12-23(30)17-21)41-14-13-34-27(38)29(31,32)33/h5-6,9-12,16-17,19,24-25H,2-4,7-8,13-15,18H2,1H3,(H,34,38)(H,35,37)(H,39,40)/t24-,25?/m0/s1. The summed E-state index contributed by atoms with van der Waals surface area (Å²) >= 11 is 6.16. The van der Waals surface area contributed by atoms with E-state index in [4.69, 9.17) is 16.3 Å². The summed E-state index contributed by atoms with van der Waals surface area (Å²) < 4.78 is 43.5. The Bertz CT molecular complexity index is 1190. The zero-order chi connectivity index (χ0) is 30.0.